The van der Waals surface area contributed by atoms with Gasteiger partial charge in [-0.05, 0) is 20.8 Å². The van der Waals surface area contributed by atoms with Crippen molar-refractivity contribution >= 4 is 11.9 Å². The van der Waals surface area contributed by atoms with Crippen LogP contribution in [-0.4, -0.2) is 40.5 Å². The summed E-state index contributed by atoms with van der Waals surface area (Å²) in [4.78, 5) is 14.3. The first-order chi connectivity index (χ1) is 8.23. The van der Waals surface area contributed by atoms with Crippen LogP contribution in [0.25, 0.3) is 0 Å². The first-order valence-electron chi connectivity index (χ1n) is 5.63. The molecule has 2 atom stereocenters. The molecular formula is C11H16FN3O3. The molecule has 0 aromatic carbocycles. The lowest BCUT2D eigenvalue weighted by atomic mass is 10.1. The summed E-state index contributed by atoms with van der Waals surface area (Å²) in [6.45, 7) is 4.39. The lowest BCUT2D eigenvalue weighted by Crippen LogP contribution is -2.35. The first-order valence-corrected chi connectivity index (χ1v) is 5.63. The zero-order valence-corrected chi connectivity index (χ0v) is 10.7. The van der Waals surface area contributed by atoms with Crippen molar-refractivity contribution in [2.24, 2.45) is 0 Å². The molecule has 18 heavy (non-hydrogen) atoms. The molecule has 100 valence electrons. The minimum absolute atomic E-state index is 0.0458. The number of rotatable bonds is 2. The number of aromatic nitrogens is 1. The molecule has 1 aromatic rings. The Morgan fingerprint density at radius 3 is 2.56 bits per heavy atom. The fourth-order valence-corrected chi connectivity index (χ4v) is 1.76. The van der Waals surface area contributed by atoms with Gasteiger partial charge >= 0.3 is 6.03 Å². The standard InChI is InChI=1S/C11H16FN3O3/c1-6-9(16)15(10(17)14(6)4)8-5-7(13-18-8)11(2,3)12/h5-6,9,16H,1-4H3. The number of aliphatic hydroxyl groups excluding tert-OH is 1. The van der Waals surface area contributed by atoms with Gasteiger partial charge in [-0.3, -0.25) is 0 Å². The van der Waals surface area contributed by atoms with Crippen molar-refractivity contribution in [1.29, 1.82) is 0 Å². The number of hydrogen-bond donors (Lipinski definition) is 1. The van der Waals surface area contributed by atoms with Crippen molar-refractivity contribution in [2.75, 3.05) is 11.9 Å². The molecule has 1 aliphatic rings. The molecule has 0 radical (unpaired) electrons. The second kappa shape index (κ2) is 3.94. The summed E-state index contributed by atoms with van der Waals surface area (Å²) < 4.78 is 18.6. The van der Waals surface area contributed by atoms with E-state index in [0.29, 0.717) is 0 Å². The summed E-state index contributed by atoms with van der Waals surface area (Å²) in [6.07, 6.45) is -1.04. The third kappa shape index (κ3) is 1.84. The third-order valence-corrected chi connectivity index (χ3v) is 3.16. The molecule has 7 heteroatoms. The third-order valence-electron chi connectivity index (χ3n) is 3.16. The Morgan fingerprint density at radius 2 is 2.17 bits per heavy atom. The van der Waals surface area contributed by atoms with E-state index < -0.39 is 17.9 Å². The molecule has 1 N–H and O–H groups in total. The Morgan fingerprint density at radius 1 is 1.56 bits per heavy atom. The maximum atomic E-state index is 13.7. The monoisotopic (exact) mass is 257 g/mol. The smallest absolute Gasteiger partial charge is 0.329 e. The molecule has 2 amide bonds. The van der Waals surface area contributed by atoms with Crippen molar-refractivity contribution in [3.8, 4) is 0 Å². The lowest BCUT2D eigenvalue weighted by molar-refractivity contribution is 0.135. The number of amides is 2. The van der Waals surface area contributed by atoms with Gasteiger partial charge in [0.2, 0.25) is 5.88 Å². The molecule has 1 aliphatic heterocycles. The molecule has 2 unspecified atom stereocenters. The summed E-state index contributed by atoms with van der Waals surface area (Å²) in [7, 11) is 1.58. The fourth-order valence-electron chi connectivity index (χ4n) is 1.76. The largest absolute Gasteiger partial charge is 0.371 e. The Kier molecular flexibility index (Phi) is 2.81. The number of nitrogens with zero attached hydrogens (tertiary/aromatic N) is 3. The maximum Gasteiger partial charge on any atom is 0.329 e. The van der Waals surface area contributed by atoms with E-state index in [4.69, 9.17) is 4.52 Å². The molecule has 0 spiro atoms. The topological polar surface area (TPSA) is 69.8 Å². The summed E-state index contributed by atoms with van der Waals surface area (Å²) in [6, 6.07) is 0.548. The normalized spacial score (nSPS) is 25.1. The average molecular weight is 257 g/mol. The molecule has 2 rings (SSSR count). The fraction of sp³-hybridized carbons (Fsp3) is 0.636. The summed E-state index contributed by atoms with van der Waals surface area (Å²) in [5, 5.41) is 13.5. The Balaban J connectivity index is 2.33. The van der Waals surface area contributed by atoms with E-state index in [0.717, 1.165) is 4.90 Å². The van der Waals surface area contributed by atoms with Crippen molar-refractivity contribution in [2.45, 2.75) is 38.7 Å². The minimum atomic E-state index is -1.66. The quantitative estimate of drug-likeness (QED) is 0.870. The predicted octanol–water partition coefficient (Wildman–Crippen LogP) is 1.46. The van der Waals surface area contributed by atoms with Gasteiger partial charge in [0.25, 0.3) is 0 Å². The van der Waals surface area contributed by atoms with Gasteiger partial charge in [-0.25, -0.2) is 14.1 Å². The van der Waals surface area contributed by atoms with Gasteiger partial charge in [-0.1, -0.05) is 5.16 Å². The number of urea groups is 1. The van der Waals surface area contributed by atoms with Crippen LogP contribution in [0.3, 0.4) is 0 Å². The van der Waals surface area contributed by atoms with E-state index in [1.807, 2.05) is 0 Å². The number of aliphatic hydroxyl groups is 1. The number of carbonyl (C=O) groups excluding carboxylic acids is 1. The van der Waals surface area contributed by atoms with Gasteiger partial charge < -0.3 is 14.5 Å². The van der Waals surface area contributed by atoms with Crippen LogP contribution in [0.15, 0.2) is 10.6 Å². The lowest BCUT2D eigenvalue weighted by Gasteiger charge is -2.16. The number of anilines is 1. The van der Waals surface area contributed by atoms with Gasteiger partial charge in [0.05, 0.1) is 6.04 Å². The van der Waals surface area contributed by atoms with E-state index in [-0.39, 0.29) is 17.6 Å². The van der Waals surface area contributed by atoms with Gasteiger partial charge in [0, 0.05) is 13.1 Å². The van der Waals surface area contributed by atoms with Crippen molar-refractivity contribution in [1.82, 2.24) is 10.1 Å². The van der Waals surface area contributed by atoms with Crippen molar-refractivity contribution in [3.05, 3.63) is 11.8 Å². The first kappa shape index (κ1) is 12.8. The highest BCUT2D eigenvalue weighted by molar-refractivity contribution is 5.93. The highest BCUT2D eigenvalue weighted by Gasteiger charge is 2.43. The minimum Gasteiger partial charge on any atom is -0.371 e. The highest BCUT2D eigenvalue weighted by atomic mass is 19.1. The zero-order chi connectivity index (χ0) is 13.7. The highest BCUT2D eigenvalue weighted by Crippen LogP contribution is 2.31. The molecule has 6 nitrogen and oxygen atoms in total. The second-order valence-corrected chi connectivity index (χ2v) is 4.94. The predicted molar refractivity (Wildman–Crippen MR) is 61.7 cm³/mol. The molecule has 1 fully saturated rings. The number of halogens is 1. The van der Waals surface area contributed by atoms with E-state index in [9.17, 15) is 14.3 Å². The number of hydrogen-bond acceptors (Lipinski definition) is 4. The van der Waals surface area contributed by atoms with Crippen molar-refractivity contribution < 1.29 is 18.8 Å². The molecule has 1 saturated heterocycles. The number of alkyl halides is 1. The van der Waals surface area contributed by atoms with Crippen LogP contribution in [0.2, 0.25) is 0 Å². The Hall–Kier alpha value is -1.63. The van der Waals surface area contributed by atoms with Crippen LogP contribution in [0.4, 0.5) is 15.1 Å². The molecule has 0 bridgehead atoms. The van der Waals surface area contributed by atoms with Crippen LogP contribution in [-0.2, 0) is 5.67 Å². The second-order valence-electron chi connectivity index (χ2n) is 4.94. The summed E-state index contributed by atoms with van der Waals surface area (Å²) in [5.41, 5.74) is -1.58. The Labute approximate surface area is 104 Å². The zero-order valence-electron chi connectivity index (χ0n) is 10.7. The van der Waals surface area contributed by atoms with E-state index in [1.165, 1.54) is 24.8 Å². The van der Waals surface area contributed by atoms with Crippen LogP contribution < -0.4 is 4.90 Å². The summed E-state index contributed by atoms with van der Waals surface area (Å²) >= 11 is 0. The maximum absolute atomic E-state index is 13.7. The van der Waals surface area contributed by atoms with E-state index in [1.54, 1.807) is 14.0 Å². The van der Waals surface area contributed by atoms with Gasteiger partial charge in [-0.2, -0.15) is 0 Å². The number of likely N-dealkylation sites (N-methyl/N-ethyl adjacent to an activating group) is 1. The summed E-state index contributed by atoms with van der Waals surface area (Å²) in [5.74, 6) is 0.0458. The molecule has 1 aromatic heterocycles. The number of carbonyl (C=O) groups is 1. The molecule has 2 heterocycles. The average Bonchev–Trinajstić information content (AvgIpc) is 2.81. The molecular weight excluding hydrogens is 241 g/mol. The van der Waals surface area contributed by atoms with Gasteiger partial charge in [0.15, 0.2) is 11.9 Å². The Bertz CT molecular complexity index is 468. The molecule has 0 aliphatic carbocycles. The van der Waals surface area contributed by atoms with Crippen LogP contribution in [0.5, 0.6) is 0 Å². The van der Waals surface area contributed by atoms with Crippen LogP contribution >= 0.6 is 0 Å². The van der Waals surface area contributed by atoms with Crippen LogP contribution in [0.1, 0.15) is 26.5 Å². The van der Waals surface area contributed by atoms with E-state index in [2.05, 4.69) is 5.16 Å². The SMILES string of the molecule is CC1C(O)N(c2cc(C(C)(C)F)no2)C(=O)N1C. The van der Waals surface area contributed by atoms with Gasteiger partial charge in [0.1, 0.15) is 5.69 Å². The van der Waals surface area contributed by atoms with E-state index >= 15 is 0 Å². The van der Waals surface area contributed by atoms with Gasteiger partial charge in [-0.15, -0.1) is 0 Å². The van der Waals surface area contributed by atoms with Crippen LogP contribution in [0, 0.1) is 0 Å². The van der Waals surface area contributed by atoms with Crippen molar-refractivity contribution in [3.63, 3.8) is 0 Å². The molecule has 0 saturated carbocycles.